The third-order valence-electron chi connectivity index (χ3n) is 4.33. The van der Waals surface area contributed by atoms with Gasteiger partial charge in [0.1, 0.15) is 6.61 Å². The number of nitrogens with zero attached hydrogens (tertiary/aromatic N) is 3. The first-order valence-electron chi connectivity index (χ1n) is 9.06. The van der Waals surface area contributed by atoms with Crippen molar-refractivity contribution in [2.45, 2.75) is 25.9 Å². The Labute approximate surface area is 163 Å². The molecule has 0 aliphatic heterocycles. The Kier molecular flexibility index (Phi) is 6.54. The largest absolute Gasteiger partial charge is 0.493 e. The van der Waals surface area contributed by atoms with E-state index in [1.54, 1.807) is 32.0 Å². The quantitative estimate of drug-likeness (QED) is 0.535. The van der Waals surface area contributed by atoms with Gasteiger partial charge in [-0.3, -0.25) is 0 Å². The minimum atomic E-state index is 0.180. The predicted octanol–water partition coefficient (Wildman–Crippen LogP) is 2.65. The molecule has 0 saturated heterocycles. The molecule has 0 radical (unpaired) electrons. The summed E-state index contributed by atoms with van der Waals surface area (Å²) < 4.78 is 23.8. The van der Waals surface area contributed by atoms with Gasteiger partial charge >= 0.3 is 0 Å². The molecule has 0 unspecified atom stereocenters. The van der Waals surface area contributed by atoms with Gasteiger partial charge in [0.05, 0.1) is 27.5 Å². The van der Waals surface area contributed by atoms with E-state index in [2.05, 4.69) is 10.1 Å². The van der Waals surface area contributed by atoms with Crippen molar-refractivity contribution in [3.63, 3.8) is 0 Å². The Balaban J connectivity index is 1.84. The highest BCUT2D eigenvalue weighted by atomic mass is 16.5. The number of unbranched alkanes of at least 4 members (excludes halogenated alkanes) is 1. The van der Waals surface area contributed by atoms with Crippen molar-refractivity contribution in [3.05, 3.63) is 41.7 Å². The third-order valence-corrected chi connectivity index (χ3v) is 4.33. The van der Waals surface area contributed by atoms with Crippen LogP contribution in [0.5, 0.6) is 23.1 Å². The lowest BCUT2D eigenvalue weighted by Gasteiger charge is -2.15. The molecule has 0 aliphatic rings. The second kappa shape index (κ2) is 9.27. The van der Waals surface area contributed by atoms with E-state index in [0.29, 0.717) is 29.7 Å². The lowest BCUT2D eigenvalue weighted by molar-refractivity contribution is 0.280. The Bertz CT molecular complexity index is 900. The van der Waals surface area contributed by atoms with Gasteiger partial charge in [0.15, 0.2) is 17.1 Å². The second-order valence-electron chi connectivity index (χ2n) is 6.19. The van der Waals surface area contributed by atoms with Gasteiger partial charge < -0.3 is 24.1 Å². The molecule has 3 aromatic rings. The summed E-state index contributed by atoms with van der Waals surface area (Å²) in [5.41, 5.74) is 2.50. The molecule has 1 N–H and O–H groups in total. The van der Waals surface area contributed by atoms with Crippen molar-refractivity contribution in [1.29, 1.82) is 0 Å². The summed E-state index contributed by atoms with van der Waals surface area (Å²) in [6, 6.07) is 7.42. The Morgan fingerprint density at radius 2 is 1.75 bits per heavy atom. The summed E-state index contributed by atoms with van der Waals surface area (Å²) in [5.74, 6) is 2.29. The molecule has 28 heavy (non-hydrogen) atoms. The van der Waals surface area contributed by atoms with Gasteiger partial charge in [0, 0.05) is 24.4 Å². The fourth-order valence-electron chi connectivity index (χ4n) is 2.96. The number of benzene rings is 1. The van der Waals surface area contributed by atoms with E-state index in [0.717, 1.165) is 36.2 Å². The Morgan fingerprint density at radius 3 is 2.39 bits per heavy atom. The molecule has 8 heteroatoms. The first-order chi connectivity index (χ1) is 13.7. The van der Waals surface area contributed by atoms with Crippen molar-refractivity contribution in [1.82, 2.24) is 14.6 Å². The van der Waals surface area contributed by atoms with E-state index in [-0.39, 0.29) is 6.61 Å². The van der Waals surface area contributed by atoms with Gasteiger partial charge in [-0.15, -0.1) is 0 Å². The maximum Gasteiger partial charge on any atom is 0.218 e. The topological polar surface area (TPSA) is 87.3 Å². The highest BCUT2D eigenvalue weighted by Crippen LogP contribution is 2.38. The molecule has 3 rings (SSSR count). The van der Waals surface area contributed by atoms with Crippen LogP contribution in [0.15, 0.2) is 30.5 Å². The van der Waals surface area contributed by atoms with Crippen LogP contribution in [0, 0.1) is 0 Å². The van der Waals surface area contributed by atoms with Gasteiger partial charge in [-0.25, -0.2) is 4.98 Å². The summed E-state index contributed by atoms with van der Waals surface area (Å²) in [7, 11) is 4.73. The number of methoxy groups -OCH3 is 3. The number of fused-ring (bicyclic) bond motifs is 1. The van der Waals surface area contributed by atoms with E-state index >= 15 is 0 Å². The molecule has 0 atom stereocenters. The van der Waals surface area contributed by atoms with Crippen molar-refractivity contribution < 1.29 is 24.1 Å². The van der Waals surface area contributed by atoms with Crippen LogP contribution >= 0.6 is 0 Å². The van der Waals surface area contributed by atoms with Crippen LogP contribution in [0.1, 0.15) is 24.1 Å². The van der Waals surface area contributed by atoms with Gasteiger partial charge in [-0.05, 0) is 37.0 Å². The average molecular weight is 387 g/mol. The molecule has 1 aromatic carbocycles. The normalized spacial score (nSPS) is 10.9. The molecule has 0 aliphatic carbocycles. The number of hydrogen-bond acceptors (Lipinski definition) is 7. The van der Waals surface area contributed by atoms with Crippen LogP contribution in [0.3, 0.4) is 0 Å². The molecule has 8 nitrogen and oxygen atoms in total. The summed E-state index contributed by atoms with van der Waals surface area (Å²) in [5, 5.41) is 13.3. The Morgan fingerprint density at radius 1 is 1.00 bits per heavy atom. The molecule has 150 valence electrons. The first-order valence-corrected chi connectivity index (χ1v) is 9.06. The zero-order chi connectivity index (χ0) is 19.9. The smallest absolute Gasteiger partial charge is 0.218 e. The van der Waals surface area contributed by atoms with Gasteiger partial charge in [-0.2, -0.15) is 9.61 Å². The summed E-state index contributed by atoms with van der Waals surface area (Å²) in [4.78, 5) is 4.58. The molecule has 0 fully saturated rings. The predicted molar refractivity (Wildman–Crippen MR) is 103 cm³/mol. The number of rotatable bonds is 10. The molecular formula is C20H25N3O5. The highest BCUT2D eigenvalue weighted by molar-refractivity contribution is 5.53. The van der Waals surface area contributed by atoms with Crippen LogP contribution < -0.4 is 18.9 Å². The van der Waals surface area contributed by atoms with Gasteiger partial charge in [0.25, 0.3) is 0 Å². The lowest BCUT2D eigenvalue weighted by Crippen LogP contribution is -2.05. The monoisotopic (exact) mass is 387 g/mol. The molecule has 0 spiro atoms. The second-order valence-corrected chi connectivity index (χ2v) is 6.19. The van der Waals surface area contributed by atoms with E-state index in [1.165, 1.54) is 0 Å². The minimum Gasteiger partial charge on any atom is -0.493 e. The number of ether oxygens (including phenoxy) is 4. The number of hydrogen-bond donors (Lipinski definition) is 1. The fraction of sp³-hybridized carbons (Fsp3) is 0.400. The standard InChI is InChI=1S/C20H25N3O5/c1-25-16-10-14(11-17(26-2)20(16)27-3)13-28-19-12-15(6-4-5-9-24)22-18-7-8-21-23(18)19/h7-8,10-12,24H,4-6,9,13H2,1-3H3. The van der Waals surface area contributed by atoms with Crippen LogP contribution in [-0.2, 0) is 13.0 Å². The molecule has 2 heterocycles. The molecule has 0 bridgehead atoms. The number of aliphatic hydroxyl groups excluding tert-OH is 1. The maximum absolute atomic E-state index is 8.98. The van der Waals surface area contributed by atoms with Gasteiger partial charge in [0.2, 0.25) is 11.6 Å². The fourth-order valence-corrected chi connectivity index (χ4v) is 2.96. The van der Waals surface area contributed by atoms with Crippen molar-refractivity contribution >= 4 is 5.65 Å². The van der Waals surface area contributed by atoms with Crippen LogP contribution in [0.4, 0.5) is 0 Å². The molecule has 0 amide bonds. The average Bonchev–Trinajstić information content (AvgIpc) is 3.20. The third kappa shape index (κ3) is 4.28. The zero-order valence-electron chi connectivity index (χ0n) is 16.3. The van der Waals surface area contributed by atoms with Crippen molar-refractivity contribution in [3.8, 4) is 23.1 Å². The highest BCUT2D eigenvalue weighted by Gasteiger charge is 2.14. The van der Waals surface area contributed by atoms with Crippen LogP contribution in [0.2, 0.25) is 0 Å². The lowest BCUT2D eigenvalue weighted by atomic mass is 10.2. The molecular weight excluding hydrogens is 362 g/mol. The van der Waals surface area contributed by atoms with E-state index < -0.39 is 0 Å². The number of aromatic nitrogens is 3. The van der Waals surface area contributed by atoms with Crippen molar-refractivity contribution in [2.24, 2.45) is 0 Å². The zero-order valence-corrected chi connectivity index (χ0v) is 16.3. The summed E-state index contributed by atoms with van der Waals surface area (Å²) in [6.07, 6.45) is 4.06. The summed E-state index contributed by atoms with van der Waals surface area (Å²) in [6.45, 7) is 0.477. The molecule has 0 saturated carbocycles. The maximum atomic E-state index is 8.98. The molecule has 2 aromatic heterocycles. The Hall–Kier alpha value is -3.00. The summed E-state index contributed by atoms with van der Waals surface area (Å²) >= 11 is 0. The number of aliphatic hydroxyl groups is 1. The van der Waals surface area contributed by atoms with E-state index in [9.17, 15) is 0 Å². The van der Waals surface area contributed by atoms with E-state index in [1.807, 2.05) is 24.3 Å². The number of aryl methyl sites for hydroxylation is 1. The minimum absolute atomic E-state index is 0.180. The SMILES string of the molecule is COc1cc(COc2cc(CCCCO)nc3ccnn23)cc(OC)c1OC. The van der Waals surface area contributed by atoms with Gasteiger partial charge in [-0.1, -0.05) is 0 Å². The first kappa shape index (κ1) is 19.8. The van der Waals surface area contributed by atoms with Crippen molar-refractivity contribution in [2.75, 3.05) is 27.9 Å². The van der Waals surface area contributed by atoms with E-state index in [4.69, 9.17) is 24.1 Å². The van der Waals surface area contributed by atoms with Crippen LogP contribution in [-0.4, -0.2) is 47.6 Å². The van der Waals surface area contributed by atoms with Crippen LogP contribution in [0.25, 0.3) is 5.65 Å².